The number of nitrogens with zero attached hydrogens (tertiary/aromatic N) is 2. The molecule has 0 bridgehead atoms. The Balaban J connectivity index is 1.52. The topological polar surface area (TPSA) is 105 Å². The number of hydrogen-bond donors (Lipinski definition) is 2. The number of thioether (sulfide) groups is 1. The Morgan fingerprint density at radius 2 is 1.76 bits per heavy atom. The molecular weight excluding hydrogens is 388 g/mol. The van der Waals surface area contributed by atoms with Crippen LogP contribution in [-0.4, -0.2) is 40.7 Å². The lowest BCUT2D eigenvalue weighted by Crippen LogP contribution is -2.25. The zero-order valence-corrected chi connectivity index (χ0v) is 16.7. The third-order valence-corrected chi connectivity index (χ3v) is 5.39. The minimum absolute atomic E-state index is 0.0559. The van der Waals surface area contributed by atoms with Gasteiger partial charge in [0.2, 0.25) is 17.7 Å². The second-order valence-corrected chi connectivity index (χ2v) is 7.50. The highest BCUT2D eigenvalue weighted by molar-refractivity contribution is 8.00. The van der Waals surface area contributed by atoms with Crippen molar-refractivity contribution < 1.29 is 14.4 Å². The summed E-state index contributed by atoms with van der Waals surface area (Å²) in [7, 11) is 0. The number of para-hydroxylation sites is 1. The van der Waals surface area contributed by atoms with E-state index in [0.717, 1.165) is 16.2 Å². The predicted octanol–water partition coefficient (Wildman–Crippen LogP) is 2.62. The Morgan fingerprint density at radius 3 is 2.52 bits per heavy atom. The van der Waals surface area contributed by atoms with E-state index in [0.29, 0.717) is 18.7 Å². The maximum absolute atomic E-state index is 12.4. The third kappa shape index (κ3) is 5.92. The van der Waals surface area contributed by atoms with Crippen molar-refractivity contribution in [1.29, 1.82) is 0 Å². The predicted molar refractivity (Wildman–Crippen MR) is 114 cm³/mol. The van der Waals surface area contributed by atoms with Gasteiger partial charge in [0.15, 0.2) is 0 Å². The van der Waals surface area contributed by atoms with Gasteiger partial charge in [-0.25, -0.2) is 5.01 Å². The van der Waals surface area contributed by atoms with E-state index in [4.69, 9.17) is 5.73 Å². The van der Waals surface area contributed by atoms with Crippen LogP contribution < -0.4 is 11.1 Å². The van der Waals surface area contributed by atoms with Crippen molar-refractivity contribution in [3.63, 3.8) is 0 Å². The van der Waals surface area contributed by atoms with Crippen LogP contribution in [0.15, 0.2) is 64.6 Å². The number of hydrogen-bond acceptors (Lipinski definition) is 5. The van der Waals surface area contributed by atoms with Gasteiger partial charge in [-0.1, -0.05) is 42.5 Å². The van der Waals surface area contributed by atoms with E-state index in [2.05, 4.69) is 10.4 Å². The van der Waals surface area contributed by atoms with Gasteiger partial charge in [-0.3, -0.25) is 14.4 Å². The Bertz CT molecular complexity index is 931. The summed E-state index contributed by atoms with van der Waals surface area (Å²) in [5, 5.41) is 8.63. The molecule has 2 aromatic carbocycles. The summed E-state index contributed by atoms with van der Waals surface area (Å²) in [6.45, 7) is 0.525. The molecule has 3 rings (SSSR count). The molecule has 7 nitrogen and oxygen atoms in total. The summed E-state index contributed by atoms with van der Waals surface area (Å²) in [4.78, 5) is 36.4. The lowest BCUT2D eigenvalue weighted by Gasteiger charge is -2.12. The molecule has 150 valence electrons. The third-order valence-electron chi connectivity index (χ3n) is 4.29. The molecule has 0 saturated heterocycles. The monoisotopic (exact) mass is 410 g/mol. The minimum atomic E-state index is -0.428. The van der Waals surface area contributed by atoms with E-state index < -0.39 is 5.91 Å². The van der Waals surface area contributed by atoms with Crippen molar-refractivity contribution in [2.24, 2.45) is 10.8 Å². The molecule has 0 spiro atoms. The van der Waals surface area contributed by atoms with Crippen LogP contribution in [0.4, 0.5) is 5.69 Å². The van der Waals surface area contributed by atoms with Crippen LogP contribution in [0.2, 0.25) is 0 Å². The van der Waals surface area contributed by atoms with Crippen LogP contribution in [0.3, 0.4) is 0 Å². The lowest BCUT2D eigenvalue weighted by atomic mass is 10.1. The van der Waals surface area contributed by atoms with Crippen molar-refractivity contribution in [1.82, 2.24) is 5.01 Å². The van der Waals surface area contributed by atoms with Gasteiger partial charge in [-0.15, -0.1) is 11.8 Å². The molecule has 0 fully saturated rings. The van der Waals surface area contributed by atoms with E-state index in [9.17, 15) is 14.4 Å². The van der Waals surface area contributed by atoms with Crippen LogP contribution >= 0.6 is 11.8 Å². The standard InChI is InChI=1S/C21H22N4O3S/c22-19(26)14-29-18-9-5-4-8-17(18)23-20(27)10-11-21(28)25-13-12-16(24-25)15-6-2-1-3-7-15/h1-9H,10-14H2,(H2,22,26)(H,23,27). The zero-order valence-electron chi connectivity index (χ0n) is 15.8. The highest BCUT2D eigenvalue weighted by Gasteiger charge is 2.22. The first-order valence-electron chi connectivity index (χ1n) is 9.26. The first-order chi connectivity index (χ1) is 14.0. The number of nitrogens with two attached hydrogens (primary N) is 1. The highest BCUT2D eigenvalue weighted by Crippen LogP contribution is 2.27. The molecule has 1 aliphatic heterocycles. The molecule has 1 heterocycles. The molecule has 0 saturated carbocycles. The fraction of sp³-hybridized carbons (Fsp3) is 0.238. The number of nitrogens with one attached hydrogen (secondary N) is 1. The average Bonchev–Trinajstić information content (AvgIpc) is 3.22. The normalized spacial score (nSPS) is 13.1. The van der Waals surface area contributed by atoms with E-state index >= 15 is 0 Å². The molecule has 0 atom stereocenters. The van der Waals surface area contributed by atoms with Crippen molar-refractivity contribution >= 4 is 40.9 Å². The minimum Gasteiger partial charge on any atom is -0.369 e. The van der Waals surface area contributed by atoms with Crippen LogP contribution in [0, 0.1) is 0 Å². The number of benzene rings is 2. The lowest BCUT2D eigenvalue weighted by molar-refractivity contribution is -0.132. The van der Waals surface area contributed by atoms with Crippen LogP contribution in [-0.2, 0) is 14.4 Å². The van der Waals surface area contributed by atoms with Crippen molar-refractivity contribution in [3.05, 3.63) is 60.2 Å². The molecular formula is C21H22N4O3S. The van der Waals surface area contributed by atoms with Crippen molar-refractivity contribution in [2.45, 2.75) is 24.2 Å². The summed E-state index contributed by atoms with van der Waals surface area (Å²) in [5.74, 6) is -0.746. The Hall–Kier alpha value is -3.13. The van der Waals surface area contributed by atoms with Gasteiger partial charge >= 0.3 is 0 Å². The summed E-state index contributed by atoms with van der Waals surface area (Å²) >= 11 is 1.26. The number of amides is 3. The molecule has 0 unspecified atom stereocenters. The van der Waals surface area contributed by atoms with Crippen LogP contribution in [0.25, 0.3) is 0 Å². The van der Waals surface area contributed by atoms with E-state index in [1.54, 1.807) is 18.2 Å². The summed E-state index contributed by atoms with van der Waals surface area (Å²) in [6, 6.07) is 16.9. The number of primary amides is 1. The average molecular weight is 410 g/mol. The number of rotatable bonds is 8. The maximum atomic E-state index is 12.4. The highest BCUT2D eigenvalue weighted by atomic mass is 32.2. The van der Waals surface area contributed by atoms with Crippen molar-refractivity contribution in [2.75, 3.05) is 17.6 Å². The Labute approximate surface area is 173 Å². The van der Waals surface area contributed by atoms with Gasteiger partial charge in [0.1, 0.15) is 0 Å². The first kappa shape index (κ1) is 20.6. The second-order valence-electron chi connectivity index (χ2n) is 6.48. The smallest absolute Gasteiger partial charge is 0.243 e. The molecule has 2 aromatic rings. The largest absolute Gasteiger partial charge is 0.369 e. The fourth-order valence-corrected chi connectivity index (χ4v) is 3.62. The molecule has 29 heavy (non-hydrogen) atoms. The van der Waals surface area contributed by atoms with Gasteiger partial charge in [-0.2, -0.15) is 5.10 Å². The molecule has 0 radical (unpaired) electrons. The van der Waals surface area contributed by atoms with E-state index in [1.165, 1.54) is 16.8 Å². The van der Waals surface area contributed by atoms with Gasteiger partial charge in [0, 0.05) is 24.2 Å². The second kappa shape index (κ2) is 9.88. The quantitative estimate of drug-likeness (QED) is 0.653. The number of carbonyl (C=O) groups excluding carboxylic acids is 3. The van der Waals surface area contributed by atoms with Crippen molar-refractivity contribution in [3.8, 4) is 0 Å². The fourth-order valence-electron chi connectivity index (χ4n) is 2.88. The van der Waals surface area contributed by atoms with E-state index in [-0.39, 0.29) is 30.4 Å². The van der Waals surface area contributed by atoms with Crippen LogP contribution in [0.1, 0.15) is 24.8 Å². The molecule has 1 aliphatic rings. The first-order valence-corrected chi connectivity index (χ1v) is 10.2. The summed E-state index contributed by atoms with van der Waals surface area (Å²) < 4.78 is 0. The SMILES string of the molecule is NC(=O)CSc1ccccc1NC(=O)CCC(=O)N1CCC(c2ccccc2)=N1. The summed E-state index contributed by atoms with van der Waals surface area (Å²) in [5.41, 5.74) is 7.66. The Kier molecular flexibility index (Phi) is 7.02. The van der Waals surface area contributed by atoms with Crippen LogP contribution in [0.5, 0.6) is 0 Å². The number of anilines is 1. The molecule has 8 heteroatoms. The molecule has 3 amide bonds. The van der Waals surface area contributed by atoms with E-state index in [1.807, 2.05) is 36.4 Å². The Morgan fingerprint density at radius 1 is 1.03 bits per heavy atom. The van der Waals surface area contributed by atoms with Gasteiger partial charge < -0.3 is 11.1 Å². The maximum Gasteiger partial charge on any atom is 0.243 e. The van der Waals surface area contributed by atoms with Gasteiger partial charge in [0.25, 0.3) is 0 Å². The number of hydrazone groups is 1. The molecule has 3 N–H and O–H groups in total. The summed E-state index contributed by atoms with van der Waals surface area (Å²) in [6.07, 6.45) is 0.834. The number of carbonyl (C=O) groups is 3. The molecule has 0 aromatic heterocycles. The zero-order chi connectivity index (χ0) is 20.6. The van der Waals surface area contributed by atoms with Gasteiger partial charge in [-0.05, 0) is 17.7 Å². The van der Waals surface area contributed by atoms with Gasteiger partial charge in [0.05, 0.1) is 23.7 Å². The molecule has 0 aliphatic carbocycles.